The maximum absolute atomic E-state index is 13.0. The number of carbonyl (C=O) groups is 1. The van der Waals surface area contributed by atoms with Gasteiger partial charge in [0.05, 0.1) is 11.1 Å². The molecule has 1 amide bonds. The van der Waals surface area contributed by atoms with Crippen molar-refractivity contribution >= 4 is 45.1 Å². The number of hydrogen-bond acceptors (Lipinski definition) is 2. The van der Waals surface area contributed by atoms with Crippen LogP contribution in [0.4, 0.5) is 5.69 Å². The molecule has 0 saturated heterocycles. The number of halogens is 1. The smallest absolute Gasteiger partial charge is 0.256 e. The number of hydrogen-bond donors (Lipinski definition) is 1. The lowest BCUT2D eigenvalue weighted by atomic mass is 9.89. The molecule has 0 radical (unpaired) electrons. The predicted octanol–water partition coefficient (Wildman–Crippen LogP) is 4.97. The first-order valence-electron chi connectivity index (χ1n) is 8.20. The molecule has 1 aromatic heterocycles. The number of benzene rings is 2. The lowest BCUT2D eigenvalue weighted by Crippen LogP contribution is -2.19. The summed E-state index contributed by atoms with van der Waals surface area (Å²) in [5.41, 5.74) is 4.75. The molecule has 3 nitrogen and oxygen atoms in total. The van der Waals surface area contributed by atoms with Crippen molar-refractivity contribution in [1.29, 1.82) is 0 Å². The Bertz CT molecular complexity index is 919. The third-order valence-electron chi connectivity index (χ3n) is 4.50. The van der Waals surface area contributed by atoms with Crippen molar-refractivity contribution in [3.8, 4) is 0 Å². The minimum absolute atomic E-state index is 0.0343. The second kappa shape index (κ2) is 6.51. The van der Waals surface area contributed by atoms with Gasteiger partial charge in [0.1, 0.15) is 0 Å². The number of nitrogens with zero attached hydrogens (tertiary/aromatic N) is 1. The van der Waals surface area contributed by atoms with Crippen LogP contribution in [0.3, 0.4) is 0 Å². The van der Waals surface area contributed by atoms with Gasteiger partial charge in [0, 0.05) is 20.3 Å². The minimum Gasteiger partial charge on any atom is -0.322 e. The van der Waals surface area contributed by atoms with Crippen LogP contribution in [0.25, 0.3) is 10.9 Å². The number of aromatic nitrogens is 1. The molecule has 3 aromatic rings. The highest BCUT2D eigenvalue weighted by Gasteiger charge is 2.22. The fourth-order valence-electron chi connectivity index (χ4n) is 3.36. The number of nitrogens with one attached hydrogen (secondary N) is 1. The Kier molecular flexibility index (Phi) is 4.22. The molecule has 1 aliphatic carbocycles. The Morgan fingerprint density at radius 3 is 2.58 bits per heavy atom. The molecule has 4 heteroatoms. The predicted molar refractivity (Wildman–Crippen MR) is 105 cm³/mol. The van der Waals surface area contributed by atoms with E-state index in [0.717, 1.165) is 62.7 Å². The third-order valence-corrected chi connectivity index (χ3v) is 5.22. The van der Waals surface area contributed by atoms with Crippen LogP contribution in [0.5, 0.6) is 0 Å². The maximum Gasteiger partial charge on any atom is 0.256 e. The highest BCUT2D eigenvalue weighted by Crippen LogP contribution is 2.30. The highest BCUT2D eigenvalue weighted by molar-refractivity contribution is 14.1. The number of fused-ring (bicyclic) bond motifs is 2. The SMILES string of the molecule is O=C(Nc1ccc(I)cc1)c1c2c(nc3ccccc13)CCCC2. The molecule has 0 fully saturated rings. The van der Waals surface area contributed by atoms with Gasteiger partial charge in [-0.25, -0.2) is 0 Å². The van der Waals surface area contributed by atoms with E-state index >= 15 is 0 Å². The van der Waals surface area contributed by atoms with Crippen LogP contribution in [0.2, 0.25) is 0 Å². The molecule has 120 valence electrons. The molecule has 1 heterocycles. The molecule has 0 spiro atoms. The molecule has 0 aliphatic heterocycles. The van der Waals surface area contributed by atoms with Crippen LogP contribution in [0.15, 0.2) is 48.5 Å². The molecule has 0 saturated carbocycles. The second-order valence-corrected chi connectivity index (χ2v) is 7.34. The van der Waals surface area contributed by atoms with Crippen LogP contribution in [0.1, 0.15) is 34.5 Å². The van der Waals surface area contributed by atoms with Gasteiger partial charge in [0.25, 0.3) is 5.91 Å². The first kappa shape index (κ1) is 15.6. The van der Waals surface area contributed by atoms with E-state index in [1.165, 1.54) is 0 Å². The topological polar surface area (TPSA) is 42.0 Å². The number of rotatable bonds is 2. The zero-order valence-electron chi connectivity index (χ0n) is 13.2. The standard InChI is InChI=1S/C20H17IN2O/c21-13-9-11-14(12-10-13)22-20(24)19-15-5-1-3-7-17(15)23-18-8-4-2-6-16(18)19/h1,3,5,7,9-12H,2,4,6,8H2,(H,22,24). The third kappa shape index (κ3) is 2.90. The Hall–Kier alpha value is -1.95. The zero-order chi connectivity index (χ0) is 16.5. The maximum atomic E-state index is 13.0. The van der Waals surface area contributed by atoms with E-state index in [0.29, 0.717) is 0 Å². The molecule has 1 N–H and O–H groups in total. The summed E-state index contributed by atoms with van der Waals surface area (Å²) in [6.45, 7) is 0. The van der Waals surface area contributed by atoms with Gasteiger partial charge in [0.15, 0.2) is 0 Å². The average Bonchev–Trinajstić information content (AvgIpc) is 2.61. The van der Waals surface area contributed by atoms with Crippen molar-refractivity contribution in [2.45, 2.75) is 25.7 Å². The molecule has 0 atom stereocenters. The van der Waals surface area contributed by atoms with Crippen LogP contribution in [-0.2, 0) is 12.8 Å². The van der Waals surface area contributed by atoms with Gasteiger partial charge >= 0.3 is 0 Å². The van der Waals surface area contributed by atoms with Gasteiger partial charge < -0.3 is 5.32 Å². The van der Waals surface area contributed by atoms with Crippen molar-refractivity contribution in [2.75, 3.05) is 5.32 Å². The van der Waals surface area contributed by atoms with Gasteiger partial charge in [-0.15, -0.1) is 0 Å². The summed E-state index contributed by atoms with van der Waals surface area (Å²) in [7, 11) is 0. The van der Waals surface area contributed by atoms with E-state index in [2.05, 4.69) is 27.9 Å². The number of pyridine rings is 1. The van der Waals surface area contributed by atoms with Crippen LogP contribution >= 0.6 is 22.6 Å². The highest BCUT2D eigenvalue weighted by atomic mass is 127. The molecule has 24 heavy (non-hydrogen) atoms. The van der Waals surface area contributed by atoms with E-state index in [9.17, 15) is 4.79 Å². The van der Waals surface area contributed by atoms with Crippen molar-refractivity contribution < 1.29 is 4.79 Å². The molecule has 1 aliphatic rings. The Morgan fingerprint density at radius 1 is 1.00 bits per heavy atom. The van der Waals surface area contributed by atoms with Crippen molar-refractivity contribution in [1.82, 2.24) is 4.98 Å². The number of para-hydroxylation sites is 1. The summed E-state index contributed by atoms with van der Waals surface area (Å²) in [5, 5.41) is 4.00. The van der Waals surface area contributed by atoms with Crippen LogP contribution in [-0.4, -0.2) is 10.9 Å². The Labute approximate surface area is 154 Å². The second-order valence-electron chi connectivity index (χ2n) is 6.10. The van der Waals surface area contributed by atoms with E-state index in [1.807, 2.05) is 48.5 Å². The van der Waals surface area contributed by atoms with Gasteiger partial charge in [-0.2, -0.15) is 0 Å². The quantitative estimate of drug-likeness (QED) is 0.586. The lowest BCUT2D eigenvalue weighted by molar-refractivity contribution is 0.102. The minimum atomic E-state index is -0.0343. The number of aryl methyl sites for hydroxylation is 1. The van der Waals surface area contributed by atoms with E-state index in [4.69, 9.17) is 4.98 Å². The normalized spacial score (nSPS) is 13.5. The number of carbonyl (C=O) groups excluding carboxylic acids is 1. The lowest BCUT2D eigenvalue weighted by Gasteiger charge is -2.20. The van der Waals surface area contributed by atoms with Crippen molar-refractivity contribution in [3.05, 3.63) is 68.9 Å². The monoisotopic (exact) mass is 428 g/mol. The summed E-state index contributed by atoms with van der Waals surface area (Å²) in [4.78, 5) is 17.8. The molecule has 4 rings (SSSR count). The summed E-state index contributed by atoms with van der Waals surface area (Å²) in [6, 6.07) is 15.8. The fraction of sp³-hybridized carbons (Fsp3) is 0.200. The molecular weight excluding hydrogens is 411 g/mol. The summed E-state index contributed by atoms with van der Waals surface area (Å²) in [6.07, 6.45) is 4.17. The van der Waals surface area contributed by atoms with Crippen molar-refractivity contribution in [3.63, 3.8) is 0 Å². The van der Waals surface area contributed by atoms with Gasteiger partial charge in [-0.05, 0) is 84.2 Å². The van der Waals surface area contributed by atoms with Gasteiger partial charge in [-0.1, -0.05) is 18.2 Å². The molecule has 0 unspecified atom stereocenters. The van der Waals surface area contributed by atoms with E-state index < -0.39 is 0 Å². The first-order valence-corrected chi connectivity index (χ1v) is 9.27. The Morgan fingerprint density at radius 2 is 1.75 bits per heavy atom. The largest absolute Gasteiger partial charge is 0.322 e. The zero-order valence-corrected chi connectivity index (χ0v) is 15.3. The summed E-state index contributed by atoms with van der Waals surface area (Å²) in [5.74, 6) is -0.0343. The summed E-state index contributed by atoms with van der Waals surface area (Å²) < 4.78 is 1.15. The number of anilines is 1. The summed E-state index contributed by atoms with van der Waals surface area (Å²) >= 11 is 2.26. The number of amides is 1. The van der Waals surface area contributed by atoms with Gasteiger partial charge in [0.2, 0.25) is 0 Å². The molecule has 2 aromatic carbocycles. The van der Waals surface area contributed by atoms with E-state index in [-0.39, 0.29) is 5.91 Å². The fourth-order valence-corrected chi connectivity index (χ4v) is 3.72. The van der Waals surface area contributed by atoms with E-state index in [1.54, 1.807) is 0 Å². The molecule has 0 bridgehead atoms. The first-order chi connectivity index (χ1) is 11.7. The van der Waals surface area contributed by atoms with Crippen molar-refractivity contribution in [2.24, 2.45) is 0 Å². The van der Waals surface area contributed by atoms with Gasteiger partial charge in [-0.3, -0.25) is 9.78 Å². The van der Waals surface area contributed by atoms with Crippen LogP contribution < -0.4 is 5.32 Å². The Balaban J connectivity index is 1.82. The average molecular weight is 428 g/mol. The molecular formula is C20H17IN2O. The van der Waals surface area contributed by atoms with Crippen LogP contribution in [0, 0.1) is 3.57 Å².